The molecule has 1 aliphatic rings. The quantitative estimate of drug-likeness (QED) is 0.126. The van der Waals surface area contributed by atoms with E-state index in [1.165, 1.54) is 13.8 Å². The molecule has 0 aromatic heterocycles. The third kappa shape index (κ3) is 7.55. The van der Waals surface area contributed by atoms with Crippen LogP contribution < -0.4 is 0 Å². The average Bonchev–Trinajstić information content (AvgIpc) is 3.34. The Morgan fingerprint density at radius 3 is 1.66 bits per heavy atom. The molecule has 1 unspecified atom stereocenters. The Bertz CT molecular complexity index is 1400. The number of nitrogens with zero attached hydrogens (tertiary/aromatic N) is 2. The van der Waals surface area contributed by atoms with E-state index in [4.69, 9.17) is 29.0 Å². The molecule has 0 radical (unpaired) electrons. The van der Waals surface area contributed by atoms with Gasteiger partial charge in [0.2, 0.25) is 6.10 Å². The van der Waals surface area contributed by atoms with Crippen LogP contribution in [-0.2, 0) is 23.8 Å². The smallest absolute Gasteiger partial charge is 0.338 e. The number of rotatable bonds is 10. The zero-order valence-corrected chi connectivity index (χ0v) is 22.3. The summed E-state index contributed by atoms with van der Waals surface area (Å²) in [6.07, 6.45) is -5.05. The molecule has 1 heterocycles. The summed E-state index contributed by atoms with van der Waals surface area (Å²) in [5.74, 6) is -2.08. The van der Waals surface area contributed by atoms with Crippen molar-refractivity contribution in [1.29, 1.82) is 0 Å². The topological polar surface area (TPSA) is 142 Å². The molecule has 11 nitrogen and oxygen atoms in total. The highest BCUT2D eigenvalue weighted by molar-refractivity contribution is 6.40. The second kappa shape index (κ2) is 13.9. The summed E-state index contributed by atoms with van der Waals surface area (Å²) in [5.41, 5.74) is 1.17. The Hall–Kier alpha value is -5.03. The summed E-state index contributed by atoms with van der Waals surface area (Å²) in [5, 5.41) is 16.0. The maximum absolute atomic E-state index is 13.1. The molecule has 0 saturated carbocycles. The maximum Gasteiger partial charge on any atom is 0.338 e. The fourth-order valence-electron chi connectivity index (χ4n) is 3.79. The number of carbonyl (C=O) groups is 3. The molecule has 3 aromatic rings. The highest BCUT2D eigenvalue weighted by Crippen LogP contribution is 2.30. The van der Waals surface area contributed by atoms with E-state index in [1.54, 1.807) is 91.0 Å². The van der Waals surface area contributed by atoms with Gasteiger partial charge in [0.05, 0.1) is 16.7 Å². The minimum atomic E-state index is -1.38. The van der Waals surface area contributed by atoms with Crippen molar-refractivity contribution in [3.63, 3.8) is 0 Å². The van der Waals surface area contributed by atoms with Crippen LogP contribution in [0, 0.1) is 0 Å². The Balaban J connectivity index is 1.63. The van der Waals surface area contributed by atoms with Crippen molar-refractivity contribution < 1.29 is 43.4 Å². The standard InChI is InChI=1S/C30H28N2O9/c1-19(31-36)20(2)32-41-30-26(40-29(35)23-16-10-5-11-17-23)25(39-28(34)22-14-8-4-9-15-22)24(38-30)18-37-27(33)21-12-6-3-7-13-21/h3-17,24-26,30,36H,18H2,1-2H3/b31-19+,32-20+/t24-,25-,26-,30?/m1/s1. The van der Waals surface area contributed by atoms with Crippen LogP contribution in [0.3, 0.4) is 0 Å². The van der Waals surface area contributed by atoms with Crippen LogP contribution in [0.4, 0.5) is 0 Å². The second-order valence-corrected chi connectivity index (χ2v) is 8.95. The molecule has 1 N–H and O–H groups in total. The van der Waals surface area contributed by atoms with E-state index >= 15 is 0 Å². The molecule has 4 atom stereocenters. The van der Waals surface area contributed by atoms with Crippen LogP contribution in [0.2, 0.25) is 0 Å². The Morgan fingerprint density at radius 1 is 0.707 bits per heavy atom. The van der Waals surface area contributed by atoms with E-state index in [9.17, 15) is 14.4 Å². The van der Waals surface area contributed by atoms with Gasteiger partial charge in [-0.2, -0.15) is 0 Å². The molecule has 3 aromatic carbocycles. The highest BCUT2D eigenvalue weighted by atomic mass is 16.8. The largest absolute Gasteiger partial charge is 0.459 e. The third-order valence-electron chi connectivity index (χ3n) is 6.13. The summed E-state index contributed by atoms with van der Waals surface area (Å²) in [4.78, 5) is 44.3. The normalized spacial score (nSPS) is 20.6. The first kappa shape index (κ1) is 29.0. The van der Waals surface area contributed by atoms with Gasteiger partial charge in [0.15, 0.2) is 6.10 Å². The number of benzene rings is 3. The highest BCUT2D eigenvalue weighted by Gasteiger charge is 2.52. The van der Waals surface area contributed by atoms with Gasteiger partial charge in [0.25, 0.3) is 6.29 Å². The molecule has 4 rings (SSSR count). The van der Waals surface area contributed by atoms with E-state index in [2.05, 4.69) is 10.3 Å². The van der Waals surface area contributed by atoms with Crippen molar-refractivity contribution in [2.75, 3.05) is 6.61 Å². The van der Waals surface area contributed by atoms with Crippen LogP contribution in [-0.4, -0.2) is 65.7 Å². The Morgan fingerprint density at radius 2 is 1.17 bits per heavy atom. The molecule has 1 saturated heterocycles. The number of ether oxygens (including phenoxy) is 4. The lowest BCUT2D eigenvalue weighted by Gasteiger charge is -2.23. The molecule has 0 bridgehead atoms. The molecule has 0 aliphatic carbocycles. The number of oxime groups is 2. The molecule has 0 amide bonds. The number of esters is 3. The molecule has 41 heavy (non-hydrogen) atoms. The van der Waals surface area contributed by atoms with Crippen molar-refractivity contribution in [3.05, 3.63) is 108 Å². The lowest BCUT2D eigenvalue weighted by Crippen LogP contribution is -2.42. The SMILES string of the molecule is CC(=N\O)/C(C)=N/OC1O[C@H](COC(=O)c2ccccc2)[C@@H](OC(=O)c2ccccc2)[C@H]1OC(=O)c1ccccc1. The summed E-state index contributed by atoms with van der Waals surface area (Å²) in [6.45, 7) is 2.67. The fourth-order valence-corrected chi connectivity index (χ4v) is 3.79. The van der Waals surface area contributed by atoms with Crippen molar-refractivity contribution >= 4 is 29.3 Å². The van der Waals surface area contributed by atoms with Crippen LogP contribution in [0.1, 0.15) is 44.9 Å². The van der Waals surface area contributed by atoms with E-state index in [0.717, 1.165) is 0 Å². The van der Waals surface area contributed by atoms with Crippen LogP contribution in [0.25, 0.3) is 0 Å². The van der Waals surface area contributed by atoms with Gasteiger partial charge >= 0.3 is 17.9 Å². The molecule has 1 fully saturated rings. The summed E-state index contributed by atoms with van der Waals surface area (Å²) in [6, 6.07) is 24.7. The molecule has 11 heteroatoms. The van der Waals surface area contributed by atoms with Gasteiger partial charge < -0.3 is 29.0 Å². The van der Waals surface area contributed by atoms with Gasteiger partial charge in [0.1, 0.15) is 24.1 Å². The monoisotopic (exact) mass is 560 g/mol. The lowest BCUT2D eigenvalue weighted by atomic mass is 10.1. The first-order valence-electron chi connectivity index (χ1n) is 12.7. The fraction of sp³-hybridized carbons (Fsp3) is 0.233. The predicted molar refractivity (Wildman–Crippen MR) is 146 cm³/mol. The first-order chi connectivity index (χ1) is 19.9. The summed E-state index contributed by atoms with van der Waals surface area (Å²) < 4.78 is 22.9. The third-order valence-corrected chi connectivity index (χ3v) is 6.13. The molecular weight excluding hydrogens is 532 g/mol. The molecular formula is C30H28N2O9. The molecule has 0 spiro atoms. The van der Waals surface area contributed by atoms with Crippen molar-refractivity contribution in [2.24, 2.45) is 10.3 Å². The second-order valence-electron chi connectivity index (χ2n) is 8.95. The van der Waals surface area contributed by atoms with Crippen molar-refractivity contribution in [3.8, 4) is 0 Å². The molecule has 1 aliphatic heterocycles. The zero-order valence-electron chi connectivity index (χ0n) is 22.3. The lowest BCUT2D eigenvalue weighted by molar-refractivity contribution is -0.170. The minimum Gasteiger partial charge on any atom is -0.459 e. The zero-order chi connectivity index (χ0) is 29.2. The Labute approximate surface area is 235 Å². The van der Waals surface area contributed by atoms with Gasteiger partial charge in [-0.25, -0.2) is 14.4 Å². The number of hydrogen-bond acceptors (Lipinski definition) is 11. The number of carbonyl (C=O) groups excluding carboxylic acids is 3. The molecule has 212 valence electrons. The van der Waals surface area contributed by atoms with E-state index in [0.29, 0.717) is 5.56 Å². The van der Waals surface area contributed by atoms with E-state index in [1.807, 2.05) is 0 Å². The summed E-state index contributed by atoms with van der Waals surface area (Å²) >= 11 is 0. The average molecular weight is 561 g/mol. The van der Waals surface area contributed by atoms with E-state index in [-0.39, 0.29) is 29.2 Å². The van der Waals surface area contributed by atoms with Gasteiger partial charge in [0, 0.05) is 0 Å². The maximum atomic E-state index is 13.1. The van der Waals surface area contributed by atoms with Crippen LogP contribution in [0.15, 0.2) is 101 Å². The van der Waals surface area contributed by atoms with Gasteiger partial charge in [-0.1, -0.05) is 64.9 Å². The van der Waals surface area contributed by atoms with Crippen molar-refractivity contribution in [1.82, 2.24) is 0 Å². The van der Waals surface area contributed by atoms with Crippen LogP contribution >= 0.6 is 0 Å². The minimum absolute atomic E-state index is 0.168. The first-order valence-corrected chi connectivity index (χ1v) is 12.7. The Kier molecular flexibility index (Phi) is 9.79. The van der Waals surface area contributed by atoms with Gasteiger partial charge in [-0.15, -0.1) is 0 Å². The predicted octanol–water partition coefficient (Wildman–Crippen LogP) is 4.26. The van der Waals surface area contributed by atoms with E-state index < -0.39 is 42.5 Å². The van der Waals surface area contributed by atoms with Crippen LogP contribution in [0.5, 0.6) is 0 Å². The summed E-state index contributed by atoms with van der Waals surface area (Å²) in [7, 11) is 0. The van der Waals surface area contributed by atoms with Gasteiger partial charge in [-0.3, -0.25) is 0 Å². The van der Waals surface area contributed by atoms with Crippen molar-refractivity contribution in [2.45, 2.75) is 38.4 Å². The van der Waals surface area contributed by atoms with Gasteiger partial charge in [-0.05, 0) is 50.2 Å². The number of hydrogen-bond donors (Lipinski definition) is 1.